The highest BCUT2D eigenvalue weighted by Crippen LogP contribution is 2.38. The minimum Gasteiger partial charge on any atom is -0.354 e. The predicted octanol–water partition coefficient (Wildman–Crippen LogP) is 1.53. The molecule has 0 spiro atoms. The van der Waals surface area contributed by atoms with E-state index in [1.807, 2.05) is 0 Å². The van der Waals surface area contributed by atoms with Gasteiger partial charge in [0.25, 0.3) is 0 Å². The van der Waals surface area contributed by atoms with Gasteiger partial charge in [-0.05, 0) is 51.6 Å². The standard InChI is InChI=1S/C13H22N2O/c16-12(11-4-1-5-11)14-10-13-6-2-8-15(13)9-3-7-13/h11H,1-10H2,(H,14,16). The smallest absolute Gasteiger partial charge is 0.223 e. The Kier molecular flexibility index (Phi) is 2.66. The van der Waals surface area contributed by atoms with Crippen molar-refractivity contribution in [3.63, 3.8) is 0 Å². The molecule has 0 aromatic heterocycles. The number of carbonyl (C=O) groups excluding carboxylic acids is 1. The number of carbonyl (C=O) groups is 1. The van der Waals surface area contributed by atoms with Gasteiger partial charge in [-0.1, -0.05) is 6.42 Å². The normalized spacial score (nSPS) is 28.8. The van der Waals surface area contributed by atoms with Crippen molar-refractivity contribution < 1.29 is 4.79 Å². The molecule has 2 aliphatic heterocycles. The molecule has 1 N–H and O–H groups in total. The summed E-state index contributed by atoms with van der Waals surface area (Å²) in [5.41, 5.74) is 0.347. The molecule has 3 nitrogen and oxygen atoms in total. The molecule has 3 heteroatoms. The molecule has 90 valence electrons. The van der Waals surface area contributed by atoms with Gasteiger partial charge in [-0.3, -0.25) is 9.69 Å². The number of amides is 1. The summed E-state index contributed by atoms with van der Waals surface area (Å²) in [6.07, 6.45) is 8.69. The van der Waals surface area contributed by atoms with Crippen molar-refractivity contribution in [1.29, 1.82) is 0 Å². The van der Waals surface area contributed by atoms with Gasteiger partial charge < -0.3 is 5.32 Å². The first-order valence-corrected chi connectivity index (χ1v) is 6.83. The number of nitrogens with one attached hydrogen (secondary N) is 1. The largest absolute Gasteiger partial charge is 0.354 e. The number of hydrogen-bond donors (Lipinski definition) is 1. The number of nitrogens with zero attached hydrogens (tertiary/aromatic N) is 1. The van der Waals surface area contributed by atoms with E-state index in [1.54, 1.807) is 0 Å². The lowest BCUT2D eigenvalue weighted by molar-refractivity contribution is -0.127. The molecule has 0 aromatic rings. The molecule has 0 atom stereocenters. The molecule has 1 amide bonds. The van der Waals surface area contributed by atoms with Crippen LogP contribution in [0.4, 0.5) is 0 Å². The molecule has 3 fully saturated rings. The Labute approximate surface area is 97.6 Å². The second-order valence-corrected chi connectivity index (χ2v) is 5.76. The molecule has 3 rings (SSSR count). The summed E-state index contributed by atoms with van der Waals surface area (Å²) in [4.78, 5) is 14.4. The van der Waals surface area contributed by atoms with Gasteiger partial charge in [-0.15, -0.1) is 0 Å². The molecule has 2 saturated heterocycles. The van der Waals surface area contributed by atoms with Gasteiger partial charge in [0.15, 0.2) is 0 Å². The van der Waals surface area contributed by atoms with Gasteiger partial charge in [0.2, 0.25) is 5.91 Å². The second-order valence-electron chi connectivity index (χ2n) is 5.76. The SMILES string of the molecule is O=C(NCC12CCCN1CCC2)C1CCC1. The highest BCUT2D eigenvalue weighted by Gasteiger charge is 2.44. The molecule has 0 unspecified atom stereocenters. The summed E-state index contributed by atoms with van der Waals surface area (Å²) < 4.78 is 0. The molecule has 16 heavy (non-hydrogen) atoms. The lowest BCUT2D eigenvalue weighted by Gasteiger charge is -2.33. The van der Waals surface area contributed by atoms with Crippen molar-refractivity contribution >= 4 is 5.91 Å². The van der Waals surface area contributed by atoms with Crippen LogP contribution in [0.25, 0.3) is 0 Å². The van der Waals surface area contributed by atoms with Crippen LogP contribution >= 0.6 is 0 Å². The number of fused-ring (bicyclic) bond motifs is 1. The Morgan fingerprint density at radius 2 is 1.88 bits per heavy atom. The summed E-state index contributed by atoms with van der Waals surface area (Å²) in [6, 6.07) is 0. The highest BCUT2D eigenvalue weighted by molar-refractivity contribution is 5.79. The van der Waals surface area contributed by atoms with Gasteiger partial charge in [0.1, 0.15) is 0 Å². The van der Waals surface area contributed by atoms with Crippen LogP contribution in [0.2, 0.25) is 0 Å². The topological polar surface area (TPSA) is 32.3 Å². The van der Waals surface area contributed by atoms with E-state index in [2.05, 4.69) is 10.2 Å². The summed E-state index contributed by atoms with van der Waals surface area (Å²) in [5, 5.41) is 3.21. The first kappa shape index (κ1) is 10.6. The fourth-order valence-corrected chi connectivity index (χ4v) is 3.58. The third-order valence-electron chi connectivity index (χ3n) is 4.88. The summed E-state index contributed by atoms with van der Waals surface area (Å²) in [5.74, 6) is 0.659. The summed E-state index contributed by atoms with van der Waals surface area (Å²) in [6.45, 7) is 3.40. The predicted molar refractivity (Wildman–Crippen MR) is 63.1 cm³/mol. The van der Waals surface area contributed by atoms with Crippen molar-refractivity contribution in [2.24, 2.45) is 5.92 Å². The molecule has 1 aliphatic carbocycles. The van der Waals surface area contributed by atoms with Crippen molar-refractivity contribution in [1.82, 2.24) is 10.2 Å². The molecule has 3 aliphatic rings. The van der Waals surface area contributed by atoms with Crippen LogP contribution in [0.5, 0.6) is 0 Å². The molecule has 1 saturated carbocycles. The molecular formula is C13H22N2O. The average Bonchev–Trinajstić information content (AvgIpc) is 2.69. The van der Waals surface area contributed by atoms with Gasteiger partial charge in [-0.2, -0.15) is 0 Å². The fourth-order valence-electron chi connectivity index (χ4n) is 3.58. The van der Waals surface area contributed by atoms with Crippen LogP contribution < -0.4 is 5.32 Å². The van der Waals surface area contributed by atoms with E-state index in [0.717, 1.165) is 19.4 Å². The van der Waals surface area contributed by atoms with Crippen LogP contribution in [0.1, 0.15) is 44.9 Å². The number of hydrogen-bond acceptors (Lipinski definition) is 2. The van der Waals surface area contributed by atoms with Gasteiger partial charge >= 0.3 is 0 Å². The first-order valence-electron chi connectivity index (χ1n) is 6.83. The van der Waals surface area contributed by atoms with E-state index in [0.29, 0.717) is 17.4 Å². The van der Waals surface area contributed by atoms with E-state index in [9.17, 15) is 4.79 Å². The van der Waals surface area contributed by atoms with Gasteiger partial charge in [0.05, 0.1) is 0 Å². The third-order valence-corrected chi connectivity index (χ3v) is 4.88. The van der Waals surface area contributed by atoms with Gasteiger partial charge in [0, 0.05) is 18.0 Å². The zero-order valence-electron chi connectivity index (χ0n) is 10.0. The molecule has 0 bridgehead atoms. The molecule has 0 radical (unpaired) electrons. The van der Waals surface area contributed by atoms with Gasteiger partial charge in [-0.25, -0.2) is 0 Å². The Hall–Kier alpha value is -0.570. The number of rotatable bonds is 3. The minimum absolute atomic E-state index is 0.319. The molecular weight excluding hydrogens is 200 g/mol. The second kappa shape index (κ2) is 4.02. The maximum atomic E-state index is 11.8. The van der Waals surface area contributed by atoms with E-state index in [1.165, 1.54) is 45.2 Å². The van der Waals surface area contributed by atoms with E-state index in [-0.39, 0.29) is 0 Å². The molecule has 0 aromatic carbocycles. The Morgan fingerprint density at radius 1 is 1.19 bits per heavy atom. The Morgan fingerprint density at radius 3 is 2.44 bits per heavy atom. The zero-order valence-corrected chi connectivity index (χ0v) is 10.0. The lowest BCUT2D eigenvalue weighted by atomic mass is 9.84. The van der Waals surface area contributed by atoms with Crippen molar-refractivity contribution in [3.8, 4) is 0 Å². The first-order chi connectivity index (χ1) is 7.80. The fraction of sp³-hybridized carbons (Fsp3) is 0.923. The Balaban J connectivity index is 1.55. The van der Waals surface area contributed by atoms with Crippen molar-refractivity contribution in [2.75, 3.05) is 19.6 Å². The van der Waals surface area contributed by atoms with Crippen LogP contribution in [-0.4, -0.2) is 36.0 Å². The third kappa shape index (κ3) is 1.65. The quantitative estimate of drug-likeness (QED) is 0.785. The zero-order chi connectivity index (χ0) is 11.0. The summed E-state index contributed by atoms with van der Waals surface area (Å²) in [7, 11) is 0. The van der Waals surface area contributed by atoms with Crippen LogP contribution in [0.3, 0.4) is 0 Å². The van der Waals surface area contributed by atoms with E-state index < -0.39 is 0 Å². The lowest BCUT2D eigenvalue weighted by Crippen LogP contribution is -2.49. The van der Waals surface area contributed by atoms with Crippen LogP contribution in [-0.2, 0) is 4.79 Å². The monoisotopic (exact) mass is 222 g/mol. The van der Waals surface area contributed by atoms with Crippen molar-refractivity contribution in [2.45, 2.75) is 50.5 Å². The van der Waals surface area contributed by atoms with Crippen LogP contribution in [0.15, 0.2) is 0 Å². The summed E-state index contributed by atoms with van der Waals surface area (Å²) >= 11 is 0. The molecule has 2 heterocycles. The van der Waals surface area contributed by atoms with Crippen LogP contribution in [0, 0.1) is 5.92 Å². The average molecular weight is 222 g/mol. The minimum atomic E-state index is 0.319. The highest BCUT2D eigenvalue weighted by atomic mass is 16.1. The van der Waals surface area contributed by atoms with E-state index in [4.69, 9.17) is 0 Å². The maximum Gasteiger partial charge on any atom is 0.223 e. The maximum absolute atomic E-state index is 11.8. The Bertz CT molecular complexity index is 276. The van der Waals surface area contributed by atoms with Crippen molar-refractivity contribution in [3.05, 3.63) is 0 Å². The van der Waals surface area contributed by atoms with E-state index >= 15 is 0 Å².